The zero-order valence-electron chi connectivity index (χ0n) is 12.0. The van der Waals surface area contributed by atoms with Gasteiger partial charge in [0.25, 0.3) is 0 Å². The SMILES string of the molecule is C=C(C)COCCNC(=O)C[C@@H](CN)CC(C)C. The molecule has 0 unspecified atom stereocenters. The number of carbonyl (C=O) groups excluding carboxylic acids is 1. The second-order valence-electron chi connectivity index (χ2n) is 5.30. The number of ether oxygens (including phenoxy) is 1. The lowest BCUT2D eigenvalue weighted by Gasteiger charge is -2.16. The Kier molecular flexibility index (Phi) is 9.60. The van der Waals surface area contributed by atoms with Gasteiger partial charge in [-0.2, -0.15) is 0 Å². The molecule has 0 saturated heterocycles. The molecule has 4 heteroatoms. The van der Waals surface area contributed by atoms with E-state index in [0.717, 1.165) is 12.0 Å². The van der Waals surface area contributed by atoms with E-state index >= 15 is 0 Å². The molecule has 0 aliphatic heterocycles. The molecule has 1 atom stereocenters. The minimum absolute atomic E-state index is 0.0602. The summed E-state index contributed by atoms with van der Waals surface area (Å²) in [5, 5.41) is 2.85. The van der Waals surface area contributed by atoms with E-state index in [1.807, 2.05) is 6.92 Å². The van der Waals surface area contributed by atoms with Crippen LogP contribution in [0.15, 0.2) is 12.2 Å². The monoisotopic (exact) mass is 256 g/mol. The van der Waals surface area contributed by atoms with Crippen LogP contribution in [0.1, 0.15) is 33.6 Å². The predicted molar refractivity (Wildman–Crippen MR) is 75.3 cm³/mol. The van der Waals surface area contributed by atoms with E-state index < -0.39 is 0 Å². The fraction of sp³-hybridized carbons (Fsp3) is 0.786. The first-order valence-corrected chi connectivity index (χ1v) is 6.64. The summed E-state index contributed by atoms with van der Waals surface area (Å²) in [6, 6.07) is 0. The number of nitrogens with one attached hydrogen (secondary N) is 1. The second-order valence-corrected chi connectivity index (χ2v) is 5.30. The molecule has 0 spiro atoms. The van der Waals surface area contributed by atoms with Crippen molar-refractivity contribution in [1.29, 1.82) is 0 Å². The van der Waals surface area contributed by atoms with E-state index in [1.54, 1.807) is 0 Å². The van der Waals surface area contributed by atoms with Crippen molar-refractivity contribution in [2.75, 3.05) is 26.3 Å². The van der Waals surface area contributed by atoms with E-state index in [9.17, 15) is 4.79 Å². The highest BCUT2D eigenvalue weighted by Crippen LogP contribution is 2.13. The molecule has 0 aromatic rings. The highest BCUT2D eigenvalue weighted by molar-refractivity contribution is 5.76. The minimum Gasteiger partial charge on any atom is -0.375 e. The topological polar surface area (TPSA) is 64.3 Å². The number of carbonyl (C=O) groups is 1. The highest BCUT2D eigenvalue weighted by atomic mass is 16.5. The predicted octanol–water partition coefficient (Wildman–Crippen LogP) is 1.71. The van der Waals surface area contributed by atoms with E-state index in [4.69, 9.17) is 10.5 Å². The number of nitrogens with two attached hydrogens (primary N) is 1. The van der Waals surface area contributed by atoms with E-state index in [-0.39, 0.29) is 11.8 Å². The number of amides is 1. The van der Waals surface area contributed by atoms with E-state index in [2.05, 4.69) is 25.7 Å². The van der Waals surface area contributed by atoms with Crippen LogP contribution in [-0.2, 0) is 9.53 Å². The van der Waals surface area contributed by atoms with Crippen LogP contribution in [0.4, 0.5) is 0 Å². The number of rotatable bonds is 10. The maximum absolute atomic E-state index is 11.7. The average Bonchev–Trinajstić information content (AvgIpc) is 2.26. The normalized spacial score (nSPS) is 12.5. The molecule has 0 aliphatic carbocycles. The first-order chi connectivity index (χ1) is 8.45. The van der Waals surface area contributed by atoms with Gasteiger partial charge in [0.15, 0.2) is 0 Å². The number of hydrogen-bond acceptors (Lipinski definition) is 3. The summed E-state index contributed by atoms with van der Waals surface area (Å²) < 4.78 is 5.30. The molecule has 0 heterocycles. The van der Waals surface area contributed by atoms with Crippen LogP contribution in [0.2, 0.25) is 0 Å². The standard InChI is InChI=1S/C14H28N2O2/c1-11(2)7-13(9-15)8-14(17)16-5-6-18-10-12(3)4/h11,13H,3,5-10,15H2,1-2,4H3,(H,16,17)/t13-/m0/s1. The molecule has 4 nitrogen and oxygen atoms in total. The lowest BCUT2D eigenvalue weighted by molar-refractivity contribution is -0.122. The summed E-state index contributed by atoms with van der Waals surface area (Å²) in [5.74, 6) is 0.914. The maximum Gasteiger partial charge on any atom is 0.220 e. The molecule has 0 aromatic heterocycles. The summed E-state index contributed by atoms with van der Waals surface area (Å²) in [7, 11) is 0. The summed E-state index contributed by atoms with van der Waals surface area (Å²) in [6.07, 6.45) is 1.51. The third-order valence-corrected chi connectivity index (χ3v) is 2.53. The first kappa shape index (κ1) is 17.1. The molecule has 0 aromatic carbocycles. The molecule has 0 bridgehead atoms. The summed E-state index contributed by atoms with van der Waals surface area (Å²) >= 11 is 0. The van der Waals surface area contributed by atoms with Crippen molar-refractivity contribution in [3.8, 4) is 0 Å². The molecule has 106 valence electrons. The van der Waals surface area contributed by atoms with Crippen molar-refractivity contribution in [1.82, 2.24) is 5.32 Å². The van der Waals surface area contributed by atoms with Crippen LogP contribution >= 0.6 is 0 Å². The molecule has 0 rings (SSSR count). The van der Waals surface area contributed by atoms with Gasteiger partial charge in [-0.05, 0) is 31.7 Å². The van der Waals surface area contributed by atoms with Crippen LogP contribution < -0.4 is 11.1 Å². The lowest BCUT2D eigenvalue weighted by Crippen LogP contribution is -2.31. The fourth-order valence-electron chi connectivity index (χ4n) is 1.77. The van der Waals surface area contributed by atoms with Gasteiger partial charge in [-0.15, -0.1) is 0 Å². The van der Waals surface area contributed by atoms with Crippen LogP contribution in [0, 0.1) is 11.8 Å². The molecular weight excluding hydrogens is 228 g/mol. The van der Waals surface area contributed by atoms with Crippen molar-refractivity contribution >= 4 is 5.91 Å². The van der Waals surface area contributed by atoms with Crippen molar-refractivity contribution < 1.29 is 9.53 Å². The van der Waals surface area contributed by atoms with Gasteiger partial charge in [-0.1, -0.05) is 26.0 Å². The Hall–Kier alpha value is -0.870. The Labute approximate surface area is 111 Å². The second kappa shape index (κ2) is 10.1. The molecule has 1 amide bonds. The quantitative estimate of drug-likeness (QED) is 0.462. The Balaban J connectivity index is 3.65. The number of hydrogen-bond donors (Lipinski definition) is 2. The third-order valence-electron chi connectivity index (χ3n) is 2.53. The van der Waals surface area contributed by atoms with Gasteiger partial charge < -0.3 is 15.8 Å². The Morgan fingerprint density at radius 1 is 1.44 bits per heavy atom. The van der Waals surface area contributed by atoms with Crippen molar-refractivity contribution in [3.05, 3.63) is 12.2 Å². The molecule has 0 aliphatic rings. The average molecular weight is 256 g/mol. The molecule has 18 heavy (non-hydrogen) atoms. The summed E-state index contributed by atoms with van der Waals surface area (Å²) in [6.45, 7) is 12.1. The summed E-state index contributed by atoms with van der Waals surface area (Å²) in [5.41, 5.74) is 6.65. The van der Waals surface area contributed by atoms with E-state index in [0.29, 0.717) is 38.6 Å². The largest absolute Gasteiger partial charge is 0.375 e. The molecule has 0 fully saturated rings. The highest BCUT2D eigenvalue weighted by Gasteiger charge is 2.13. The Bertz CT molecular complexity index is 252. The minimum atomic E-state index is 0.0602. The van der Waals surface area contributed by atoms with Crippen LogP contribution in [0.5, 0.6) is 0 Å². The van der Waals surface area contributed by atoms with Gasteiger partial charge in [0, 0.05) is 13.0 Å². The Morgan fingerprint density at radius 2 is 2.11 bits per heavy atom. The maximum atomic E-state index is 11.7. The van der Waals surface area contributed by atoms with Crippen molar-refractivity contribution in [2.45, 2.75) is 33.6 Å². The van der Waals surface area contributed by atoms with Gasteiger partial charge in [0.05, 0.1) is 13.2 Å². The fourth-order valence-corrected chi connectivity index (χ4v) is 1.77. The van der Waals surface area contributed by atoms with Crippen molar-refractivity contribution in [3.63, 3.8) is 0 Å². The van der Waals surface area contributed by atoms with Gasteiger partial charge in [-0.25, -0.2) is 0 Å². The van der Waals surface area contributed by atoms with Gasteiger partial charge >= 0.3 is 0 Å². The van der Waals surface area contributed by atoms with Gasteiger partial charge in [0.1, 0.15) is 0 Å². The van der Waals surface area contributed by atoms with E-state index in [1.165, 1.54) is 0 Å². The van der Waals surface area contributed by atoms with Gasteiger partial charge in [0.2, 0.25) is 5.91 Å². The molecule has 0 saturated carbocycles. The first-order valence-electron chi connectivity index (χ1n) is 6.64. The molecule has 3 N–H and O–H groups in total. The van der Waals surface area contributed by atoms with Crippen molar-refractivity contribution in [2.24, 2.45) is 17.6 Å². The lowest BCUT2D eigenvalue weighted by atomic mass is 9.94. The van der Waals surface area contributed by atoms with Crippen LogP contribution in [0.25, 0.3) is 0 Å². The Morgan fingerprint density at radius 3 is 2.61 bits per heavy atom. The zero-order chi connectivity index (χ0) is 14.0. The van der Waals surface area contributed by atoms with Crippen LogP contribution in [0.3, 0.4) is 0 Å². The van der Waals surface area contributed by atoms with Crippen LogP contribution in [-0.4, -0.2) is 32.2 Å². The smallest absolute Gasteiger partial charge is 0.220 e. The third kappa shape index (κ3) is 10.3. The van der Waals surface area contributed by atoms with Gasteiger partial charge in [-0.3, -0.25) is 4.79 Å². The molecular formula is C14H28N2O2. The molecule has 0 radical (unpaired) electrons. The zero-order valence-corrected chi connectivity index (χ0v) is 12.0. The summed E-state index contributed by atoms with van der Waals surface area (Å²) in [4.78, 5) is 11.7.